The molecule has 0 radical (unpaired) electrons. The van der Waals surface area contributed by atoms with E-state index >= 15 is 0 Å². The monoisotopic (exact) mass is 409 g/mol. The van der Waals surface area contributed by atoms with Gasteiger partial charge < -0.3 is 20.2 Å². The Kier molecular flexibility index (Phi) is 6.01. The van der Waals surface area contributed by atoms with Crippen LogP contribution in [0.4, 0.5) is 4.79 Å². The highest BCUT2D eigenvalue weighted by Gasteiger charge is 2.54. The first-order valence-corrected chi connectivity index (χ1v) is 11.1. The van der Waals surface area contributed by atoms with Crippen LogP contribution in [0.3, 0.4) is 0 Å². The number of fused-ring (bicyclic) bond motifs is 1. The number of piperazine rings is 1. The Morgan fingerprint density at radius 1 is 1.23 bits per heavy atom. The second kappa shape index (κ2) is 8.69. The average molecular weight is 410 g/mol. The van der Waals surface area contributed by atoms with E-state index in [1.165, 1.54) is 0 Å². The van der Waals surface area contributed by atoms with Gasteiger partial charge in [-0.05, 0) is 30.5 Å². The Bertz CT molecular complexity index is 849. The van der Waals surface area contributed by atoms with Crippen molar-refractivity contribution in [2.45, 2.75) is 63.6 Å². The van der Waals surface area contributed by atoms with E-state index in [0.29, 0.717) is 12.5 Å². The predicted molar refractivity (Wildman–Crippen MR) is 115 cm³/mol. The molecule has 2 heterocycles. The fourth-order valence-corrected chi connectivity index (χ4v) is 5.01. The number of hydrogen-bond acceptors (Lipinski definition) is 3. The van der Waals surface area contributed by atoms with Crippen LogP contribution in [0.1, 0.15) is 56.6 Å². The van der Waals surface area contributed by atoms with Crippen molar-refractivity contribution in [2.24, 2.45) is 5.92 Å². The zero-order valence-corrected chi connectivity index (χ0v) is 17.8. The number of aliphatic hydroxyl groups is 1. The molecule has 1 saturated carbocycles. The van der Waals surface area contributed by atoms with Gasteiger partial charge in [0.05, 0.1) is 18.7 Å². The Morgan fingerprint density at radius 2 is 1.93 bits per heavy atom. The van der Waals surface area contributed by atoms with Crippen LogP contribution < -0.4 is 5.32 Å². The fourth-order valence-electron chi connectivity index (χ4n) is 5.01. The molecule has 3 amide bonds. The van der Waals surface area contributed by atoms with Crippen molar-refractivity contribution in [3.8, 4) is 11.8 Å². The van der Waals surface area contributed by atoms with Crippen LogP contribution in [0.5, 0.6) is 0 Å². The van der Waals surface area contributed by atoms with Crippen molar-refractivity contribution in [3.63, 3.8) is 0 Å². The number of amides is 3. The minimum Gasteiger partial charge on any atom is -0.394 e. The van der Waals surface area contributed by atoms with Crippen molar-refractivity contribution in [3.05, 3.63) is 35.4 Å². The molecule has 1 aliphatic carbocycles. The number of nitrogens with zero attached hydrogens (tertiary/aromatic N) is 2. The Morgan fingerprint density at radius 3 is 2.57 bits per heavy atom. The van der Waals surface area contributed by atoms with E-state index in [1.807, 2.05) is 24.3 Å². The van der Waals surface area contributed by atoms with Gasteiger partial charge in [-0.3, -0.25) is 4.79 Å². The van der Waals surface area contributed by atoms with E-state index < -0.39 is 0 Å². The van der Waals surface area contributed by atoms with E-state index in [-0.39, 0.29) is 49.1 Å². The lowest BCUT2D eigenvalue weighted by atomic mass is 9.73. The lowest BCUT2D eigenvalue weighted by Gasteiger charge is -2.58. The van der Waals surface area contributed by atoms with Gasteiger partial charge in [-0.25, -0.2) is 4.79 Å². The van der Waals surface area contributed by atoms with Crippen molar-refractivity contribution in [1.82, 2.24) is 15.1 Å². The molecule has 3 atom stereocenters. The summed E-state index contributed by atoms with van der Waals surface area (Å²) in [6, 6.07) is 7.84. The van der Waals surface area contributed by atoms with E-state index in [1.54, 1.807) is 9.80 Å². The molecular formula is C24H31N3O3. The van der Waals surface area contributed by atoms with Gasteiger partial charge in [0.25, 0.3) is 0 Å². The standard InChI is InChI=1S/C24H31N3O3/c1-16(2)7-8-17-9-11-18(12-10-17)23-20-13-26(14-22(29)27(20)21(23)15-28)24(30)25-19-5-3-4-6-19/h9-12,16,19-21,23,28H,3-6,13-15H2,1-2H3,(H,25,30)/t20-,21+,23+/m0/s1. The van der Waals surface area contributed by atoms with Crippen LogP contribution >= 0.6 is 0 Å². The smallest absolute Gasteiger partial charge is 0.318 e. The summed E-state index contributed by atoms with van der Waals surface area (Å²) in [7, 11) is 0. The number of rotatable bonds is 3. The van der Waals surface area contributed by atoms with Crippen LogP contribution in [0.15, 0.2) is 24.3 Å². The summed E-state index contributed by atoms with van der Waals surface area (Å²) < 4.78 is 0. The van der Waals surface area contributed by atoms with Gasteiger partial charge in [-0.2, -0.15) is 0 Å². The molecule has 2 N–H and O–H groups in total. The second-order valence-corrected chi connectivity index (χ2v) is 9.00. The van der Waals surface area contributed by atoms with Crippen molar-refractivity contribution in [1.29, 1.82) is 0 Å². The summed E-state index contributed by atoms with van der Waals surface area (Å²) in [6.45, 7) is 4.63. The van der Waals surface area contributed by atoms with Crippen LogP contribution in [-0.2, 0) is 4.79 Å². The molecule has 6 heteroatoms. The number of urea groups is 1. The molecule has 3 aliphatic rings. The molecule has 0 spiro atoms. The molecule has 0 bridgehead atoms. The lowest BCUT2D eigenvalue weighted by molar-refractivity contribution is -0.159. The van der Waals surface area contributed by atoms with Gasteiger partial charge in [0, 0.05) is 30.0 Å². The summed E-state index contributed by atoms with van der Waals surface area (Å²) in [4.78, 5) is 28.9. The third kappa shape index (κ3) is 4.04. The fraction of sp³-hybridized carbons (Fsp3) is 0.583. The summed E-state index contributed by atoms with van der Waals surface area (Å²) in [5.41, 5.74) is 2.04. The summed E-state index contributed by atoms with van der Waals surface area (Å²) in [5, 5.41) is 13.0. The Labute approximate surface area is 178 Å². The third-order valence-corrected chi connectivity index (χ3v) is 6.52. The molecule has 0 unspecified atom stereocenters. The third-order valence-electron chi connectivity index (χ3n) is 6.52. The molecule has 1 aromatic carbocycles. The maximum absolute atomic E-state index is 12.7. The van der Waals surface area contributed by atoms with Crippen molar-refractivity contribution in [2.75, 3.05) is 19.7 Å². The lowest BCUT2D eigenvalue weighted by Crippen LogP contribution is -2.74. The molecule has 0 aromatic heterocycles. The van der Waals surface area contributed by atoms with E-state index in [9.17, 15) is 14.7 Å². The molecule has 30 heavy (non-hydrogen) atoms. The minimum absolute atomic E-state index is 0.0214. The topological polar surface area (TPSA) is 72.9 Å². The molecular weight excluding hydrogens is 378 g/mol. The SMILES string of the molecule is CC(C)C#Cc1ccc([C@H]2[C@@H](CO)N3C(=O)CN(C(=O)NC4CCCC4)C[C@@H]23)cc1. The number of benzene rings is 1. The number of nitrogens with one attached hydrogen (secondary N) is 1. The first kappa shape index (κ1) is 20.7. The molecule has 160 valence electrons. The molecule has 3 fully saturated rings. The predicted octanol–water partition coefficient (Wildman–Crippen LogP) is 2.32. The van der Waals surface area contributed by atoms with Gasteiger partial charge in [0.2, 0.25) is 5.91 Å². The zero-order valence-electron chi connectivity index (χ0n) is 17.8. The zero-order chi connectivity index (χ0) is 21.3. The van der Waals surface area contributed by atoms with Gasteiger partial charge in [-0.1, -0.05) is 50.7 Å². The Hall–Kier alpha value is -2.52. The normalized spacial score (nSPS) is 26.1. The molecule has 4 rings (SSSR count). The largest absolute Gasteiger partial charge is 0.394 e. The Balaban J connectivity index is 1.48. The summed E-state index contributed by atoms with van der Waals surface area (Å²) in [5.74, 6) is 6.59. The van der Waals surface area contributed by atoms with Crippen LogP contribution in [0, 0.1) is 17.8 Å². The van der Waals surface area contributed by atoms with Crippen molar-refractivity contribution < 1.29 is 14.7 Å². The molecule has 2 saturated heterocycles. The quantitative estimate of drug-likeness (QED) is 0.753. The average Bonchev–Trinajstić information content (AvgIpc) is 3.21. The van der Waals surface area contributed by atoms with Crippen LogP contribution in [-0.4, -0.2) is 64.7 Å². The van der Waals surface area contributed by atoms with Gasteiger partial charge >= 0.3 is 6.03 Å². The first-order chi connectivity index (χ1) is 14.5. The summed E-state index contributed by atoms with van der Waals surface area (Å²) in [6.07, 6.45) is 4.34. The first-order valence-electron chi connectivity index (χ1n) is 11.1. The number of aliphatic hydroxyl groups excluding tert-OH is 1. The minimum atomic E-state index is -0.227. The molecule has 6 nitrogen and oxygen atoms in total. The molecule has 2 aliphatic heterocycles. The highest BCUT2D eigenvalue weighted by atomic mass is 16.3. The number of carbonyl (C=O) groups is 2. The summed E-state index contributed by atoms with van der Waals surface area (Å²) >= 11 is 0. The maximum Gasteiger partial charge on any atom is 0.318 e. The maximum atomic E-state index is 12.7. The highest BCUT2D eigenvalue weighted by Crippen LogP contribution is 2.42. The van der Waals surface area contributed by atoms with E-state index in [4.69, 9.17) is 0 Å². The van der Waals surface area contributed by atoms with Gasteiger partial charge in [0.15, 0.2) is 0 Å². The highest BCUT2D eigenvalue weighted by molar-refractivity contribution is 5.87. The van der Waals surface area contributed by atoms with Crippen LogP contribution in [0.25, 0.3) is 0 Å². The van der Waals surface area contributed by atoms with Gasteiger partial charge in [-0.15, -0.1) is 0 Å². The number of carbonyl (C=O) groups excluding carboxylic acids is 2. The van der Waals surface area contributed by atoms with Gasteiger partial charge in [0.1, 0.15) is 6.54 Å². The van der Waals surface area contributed by atoms with E-state index in [0.717, 1.165) is 36.8 Å². The molecule has 1 aromatic rings. The van der Waals surface area contributed by atoms with Crippen molar-refractivity contribution >= 4 is 11.9 Å². The second-order valence-electron chi connectivity index (χ2n) is 9.00. The van der Waals surface area contributed by atoms with Crippen LogP contribution in [0.2, 0.25) is 0 Å². The number of hydrogen-bond donors (Lipinski definition) is 2. The van der Waals surface area contributed by atoms with E-state index in [2.05, 4.69) is 31.0 Å².